The van der Waals surface area contributed by atoms with Crippen LogP contribution in [0.2, 0.25) is 0 Å². The molecule has 100 valence electrons. The fourth-order valence-electron chi connectivity index (χ4n) is 2.16. The van der Waals surface area contributed by atoms with E-state index in [9.17, 15) is 4.79 Å². The first kappa shape index (κ1) is 14.8. The maximum absolute atomic E-state index is 12.5. The predicted octanol–water partition coefficient (Wildman–Crippen LogP) is 4.75. The molecule has 1 atom stereocenters. The smallest absolute Gasteiger partial charge is 0.255 e. The second-order valence-electron chi connectivity index (χ2n) is 5.21. The molecule has 0 aliphatic carbocycles. The van der Waals surface area contributed by atoms with E-state index in [4.69, 9.17) is 11.6 Å². The zero-order chi connectivity index (χ0) is 13.5. The average Bonchev–Trinajstić information content (AvgIpc) is 2.60. The van der Waals surface area contributed by atoms with Gasteiger partial charge in [-0.15, -0.1) is 22.9 Å². The number of amides is 1. The van der Waals surface area contributed by atoms with Crippen molar-refractivity contribution in [2.75, 3.05) is 13.1 Å². The molecule has 1 aromatic heterocycles. The van der Waals surface area contributed by atoms with Crippen molar-refractivity contribution >= 4 is 60.7 Å². The molecule has 1 unspecified atom stereocenters. The largest absolute Gasteiger partial charge is 0.338 e. The first-order chi connectivity index (χ1) is 8.31. The highest BCUT2D eigenvalue weighted by molar-refractivity contribution is 9.12. The fraction of sp³-hybridized carbons (Fsp3) is 0.583. The summed E-state index contributed by atoms with van der Waals surface area (Å²) in [4.78, 5) is 14.4. The highest BCUT2D eigenvalue weighted by Gasteiger charge is 2.37. The Morgan fingerprint density at radius 3 is 2.72 bits per heavy atom. The lowest BCUT2D eigenvalue weighted by atomic mass is 9.83. The van der Waals surface area contributed by atoms with E-state index in [1.54, 1.807) is 0 Å². The molecule has 2 heterocycles. The van der Waals surface area contributed by atoms with Crippen LogP contribution in [-0.4, -0.2) is 29.3 Å². The number of carbonyl (C=O) groups is 1. The minimum Gasteiger partial charge on any atom is -0.338 e. The lowest BCUT2D eigenvalue weighted by molar-refractivity contribution is 0.0593. The number of nitrogens with zero attached hydrogens (tertiary/aromatic N) is 1. The van der Waals surface area contributed by atoms with Gasteiger partial charge in [-0.3, -0.25) is 4.79 Å². The minimum absolute atomic E-state index is 0.0325. The third-order valence-corrected chi connectivity index (χ3v) is 6.42. The summed E-state index contributed by atoms with van der Waals surface area (Å²) in [5.74, 6) is 0.0838. The van der Waals surface area contributed by atoms with Crippen LogP contribution in [0.1, 0.15) is 30.6 Å². The van der Waals surface area contributed by atoms with Crippen molar-refractivity contribution < 1.29 is 4.79 Å². The Kier molecular flexibility index (Phi) is 4.47. The number of halogens is 3. The second-order valence-corrected chi connectivity index (χ2v) is 9.49. The molecule has 1 amide bonds. The maximum Gasteiger partial charge on any atom is 0.255 e. The number of likely N-dealkylation sites (tertiary alicyclic amines) is 1. The molecule has 2 rings (SSSR count). The van der Waals surface area contributed by atoms with E-state index >= 15 is 0 Å². The summed E-state index contributed by atoms with van der Waals surface area (Å²) in [7, 11) is 0. The quantitative estimate of drug-likeness (QED) is 0.606. The van der Waals surface area contributed by atoms with Gasteiger partial charge in [0.1, 0.15) is 0 Å². The van der Waals surface area contributed by atoms with Gasteiger partial charge in [0.05, 0.1) is 13.1 Å². The van der Waals surface area contributed by atoms with E-state index in [0.29, 0.717) is 6.54 Å². The number of piperidine rings is 1. The topological polar surface area (TPSA) is 20.3 Å². The van der Waals surface area contributed by atoms with Gasteiger partial charge in [-0.1, -0.05) is 13.8 Å². The molecule has 0 spiro atoms. The Morgan fingerprint density at radius 1 is 1.56 bits per heavy atom. The molecule has 0 saturated carbocycles. The van der Waals surface area contributed by atoms with Crippen molar-refractivity contribution in [1.82, 2.24) is 4.90 Å². The minimum atomic E-state index is -0.0325. The number of carbonyl (C=O) groups excluding carboxylic acids is 1. The van der Waals surface area contributed by atoms with Crippen LogP contribution >= 0.6 is 54.8 Å². The van der Waals surface area contributed by atoms with E-state index in [1.165, 1.54) is 11.3 Å². The highest BCUT2D eigenvalue weighted by atomic mass is 79.9. The van der Waals surface area contributed by atoms with Crippen molar-refractivity contribution in [2.24, 2.45) is 5.41 Å². The van der Waals surface area contributed by atoms with E-state index in [1.807, 2.05) is 11.0 Å². The van der Waals surface area contributed by atoms with Crippen molar-refractivity contribution in [3.05, 3.63) is 19.2 Å². The molecule has 1 fully saturated rings. The third kappa shape index (κ3) is 2.94. The Hall–Kier alpha value is 0.420. The summed E-state index contributed by atoms with van der Waals surface area (Å²) in [6.45, 7) is 5.67. The van der Waals surface area contributed by atoms with Crippen molar-refractivity contribution in [3.8, 4) is 0 Å². The number of hydrogen-bond acceptors (Lipinski definition) is 2. The van der Waals surface area contributed by atoms with Crippen LogP contribution in [0.15, 0.2) is 13.6 Å². The Labute approximate surface area is 133 Å². The van der Waals surface area contributed by atoms with E-state index in [0.717, 1.165) is 26.1 Å². The van der Waals surface area contributed by atoms with Gasteiger partial charge in [-0.25, -0.2) is 0 Å². The zero-order valence-corrected chi connectivity index (χ0v) is 14.9. The van der Waals surface area contributed by atoms with Crippen molar-refractivity contribution in [3.63, 3.8) is 0 Å². The van der Waals surface area contributed by atoms with Crippen LogP contribution in [0.25, 0.3) is 0 Å². The van der Waals surface area contributed by atoms with E-state index in [-0.39, 0.29) is 16.7 Å². The van der Waals surface area contributed by atoms with Crippen molar-refractivity contribution in [2.45, 2.75) is 25.6 Å². The molecule has 2 nitrogen and oxygen atoms in total. The monoisotopic (exact) mass is 413 g/mol. The second kappa shape index (κ2) is 5.43. The molecular weight excluding hydrogens is 401 g/mol. The summed E-state index contributed by atoms with van der Waals surface area (Å²) in [6, 6.07) is 1.87. The van der Waals surface area contributed by atoms with Crippen LogP contribution in [-0.2, 0) is 0 Å². The van der Waals surface area contributed by atoms with Crippen LogP contribution in [0.5, 0.6) is 0 Å². The highest BCUT2D eigenvalue weighted by Crippen LogP contribution is 2.36. The Morgan fingerprint density at radius 2 is 2.22 bits per heavy atom. The molecule has 0 bridgehead atoms. The molecule has 0 aromatic carbocycles. The van der Waals surface area contributed by atoms with E-state index < -0.39 is 0 Å². The molecule has 6 heteroatoms. The molecule has 0 N–H and O–H groups in total. The average molecular weight is 416 g/mol. The van der Waals surface area contributed by atoms with Gasteiger partial charge in [0, 0.05) is 18.5 Å². The normalized spacial score (nSPS) is 23.2. The summed E-state index contributed by atoms with van der Waals surface area (Å²) in [5.41, 5.74) is 0.700. The summed E-state index contributed by atoms with van der Waals surface area (Å²) < 4.78 is 1.84. The standard InChI is InChI=1S/C12H14Br2ClNOS/c1-12(2)6-16(4-3-8(12)15)11(17)7-5-9(13)18-10(7)14/h5,8H,3-4,6H2,1-2H3. The van der Waals surface area contributed by atoms with Gasteiger partial charge >= 0.3 is 0 Å². The van der Waals surface area contributed by atoms with Crippen LogP contribution in [0, 0.1) is 5.41 Å². The van der Waals surface area contributed by atoms with Crippen molar-refractivity contribution in [1.29, 1.82) is 0 Å². The van der Waals surface area contributed by atoms with Crippen LogP contribution in [0.4, 0.5) is 0 Å². The zero-order valence-electron chi connectivity index (χ0n) is 10.2. The molecule has 1 saturated heterocycles. The Bertz CT molecular complexity index is 475. The number of rotatable bonds is 1. The van der Waals surface area contributed by atoms with E-state index in [2.05, 4.69) is 45.7 Å². The molecule has 0 radical (unpaired) electrons. The maximum atomic E-state index is 12.5. The fourth-order valence-corrected chi connectivity index (χ4v) is 5.10. The number of thiophene rings is 1. The molecule has 1 aliphatic heterocycles. The third-order valence-electron chi connectivity index (χ3n) is 3.27. The van der Waals surface area contributed by atoms with Crippen LogP contribution in [0.3, 0.4) is 0 Å². The summed E-state index contributed by atoms with van der Waals surface area (Å²) in [6.07, 6.45) is 0.850. The molecule has 1 aromatic rings. The predicted molar refractivity (Wildman–Crippen MR) is 83.7 cm³/mol. The van der Waals surface area contributed by atoms with Gasteiger partial charge in [0.2, 0.25) is 0 Å². The first-order valence-electron chi connectivity index (χ1n) is 5.69. The van der Waals surface area contributed by atoms with Crippen LogP contribution < -0.4 is 0 Å². The van der Waals surface area contributed by atoms with Gasteiger partial charge in [0.25, 0.3) is 5.91 Å². The lowest BCUT2D eigenvalue weighted by Crippen LogP contribution is -2.48. The SMILES string of the molecule is CC1(C)CN(C(=O)c2cc(Br)sc2Br)CCC1Cl. The summed E-state index contributed by atoms with van der Waals surface area (Å²) >= 11 is 14.7. The van der Waals surface area contributed by atoms with Gasteiger partial charge in [0.15, 0.2) is 0 Å². The van der Waals surface area contributed by atoms with Gasteiger partial charge in [-0.05, 0) is 49.8 Å². The molecule has 18 heavy (non-hydrogen) atoms. The molecular formula is C12H14Br2ClNOS. The van der Waals surface area contributed by atoms with Gasteiger partial charge < -0.3 is 4.90 Å². The summed E-state index contributed by atoms with van der Waals surface area (Å²) in [5, 5.41) is 0.138. The number of hydrogen-bond donors (Lipinski definition) is 0. The number of alkyl halides is 1. The first-order valence-corrected chi connectivity index (χ1v) is 8.53. The van der Waals surface area contributed by atoms with Gasteiger partial charge in [-0.2, -0.15) is 0 Å². The lowest BCUT2D eigenvalue weighted by Gasteiger charge is -2.41. The Balaban J connectivity index is 2.18. The molecule has 1 aliphatic rings.